The van der Waals surface area contributed by atoms with E-state index in [9.17, 15) is 9.59 Å². The molecule has 1 saturated heterocycles. The first-order valence-corrected chi connectivity index (χ1v) is 10.6. The molecule has 0 bridgehead atoms. The van der Waals surface area contributed by atoms with Crippen molar-refractivity contribution in [2.75, 3.05) is 6.61 Å². The van der Waals surface area contributed by atoms with E-state index >= 15 is 0 Å². The van der Waals surface area contributed by atoms with Crippen molar-refractivity contribution in [1.82, 2.24) is 14.9 Å². The Morgan fingerprint density at radius 2 is 2.21 bits per heavy atom. The van der Waals surface area contributed by atoms with Gasteiger partial charge in [-0.1, -0.05) is 23.9 Å². The minimum absolute atomic E-state index is 0.00176. The quantitative estimate of drug-likeness (QED) is 0.473. The molecule has 1 aromatic carbocycles. The van der Waals surface area contributed by atoms with Crippen LogP contribution in [-0.4, -0.2) is 33.4 Å². The van der Waals surface area contributed by atoms with Gasteiger partial charge in [0.05, 0.1) is 41.6 Å². The van der Waals surface area contributed by atoms with Crippen LogP contribution in [-0.2, 0) is 22.6 Å². The van der Waals surface area contributed by atoms with Gasteiger partial charge < -0.3 is 14.5 Å². The number of ether oxygens (including phenoxy) is 1. The normalized spacial score (nSPS) is 17.5. The van der Waals surface area contributed by atoms with E-state index < -0.39 is 5.25 Å². The van der Waals surface area contributed by atoms with E-state index in [0.717, 1.165) is 12.8 Å². The summed E-state index contributed by atoms with van der Waals surface area (Å²) in [6, 6.07) is 10.9. The highest BCUT2D eigenvalue weighted by Crippen LogP contribution is 2.24. The number of aromatic nitrogens is 2. The van der Waals surface area contributed by atoms with E-state index in [0.29, 0.717) is 41.5 Å². The number of thioether (sulfide) groups is 1. The van der Waals surface area contributed by atoms with Crippen molar-refractivity contribution in [2.24, 2.45) is 0 Å². The maximum Gasteiger partial charge on any atom is 0.262 e. The number of nitrogens with zero attached hydrogens (tertiary/aromatic N) is 2. The van der Waals surface area contributed by atoms with Crippen LogP contribution in [0.2, 0.25) is 0 Å². The molecule has 3 aromatic rings. The van der Waals surface area contributed by atoms with Crippen LogP contribution in [0.4, 0.5) is 0 Å². The maximum absolute atomic E-state index is 13.1. The van der Waals surface area contributed by atoms with Gasteiger partial charge in [-0.2, -0.15) is 0 Å². The van der Waals surface area contributed by atoms with Gasteiger partial charge in [0.25, 0.3) is 5.56 Å². The molecular weight excluding hydrogens is 390 g/mol. The fourth-order valence-electron chi connectivity index (χ4n) is 3.33. The van der Waals surface area contributed by atoms with Crippen LogP contribution in [0.3, 0.4) is 0 Å². The highest BCUT2D eigenvalue weighted by molar-refractivity contribution is 8.00. The number of carbonyl (C=O) groups is 1. The van der Waals surface area contributed by atoms with E-state index in [1.807, 2.05) is 24.3 Å². The summed E-state index contributed by atoms with van der Waals surface area (Å²) in [7, 11) is 0. The van der Waals surface area contributed by atoms with Crippen LogP contribution in [0.5, 0.6) is 0 Å². The van der Waals surface area contributed by atoms with Crippen molar-refractivity contribution >= 4 is 28.6 Å². The summed E-state index contributed by atoms with van der Waals surface area (Å²) in [5.74, 6) is 0.548. The molecule has 2 atom stereocenters. The summed E-state index contributed by atoms with van der Waals surface area (Å²) >= 11 is 1.28. The lowest BCUT2D eigenvalue weighted by Gasteiger charge is -2.18. The van der Waals surface area contributed by atoms with Crippen molar-refractivity contribution in [1.29, 1.82) is 0 Å². The van der Waals surface area contributed by atoms with Crippen molar-refractivity contribution < 1.29 is 13.9 Å². The Bertz CT molecular complexity index is 1040. The first-order chi connectivity index (χ1) is 14.1. The van der Waals surface area contributed by atoms with E-state index in [1.165, 1.54) is 11.8 Å². The zero-order valence-electron chi connectivity index (χ0n) is 16.2. The molecule has 0 spiro atoms. The number of rotatable bonds is 7. The molecule has 2 aromatic heterocycles. The highest BCUT2D eigenvalue weighted by atomic mass is 32.2. The van der Waals surface area contributed by atoms with E-state index in [2.05, 4.69) is 10.3 Å². The second-order valence-electron chi connectivity index (χ2n) is 7.02. The number of amides is 1. The molecule has 1 amide bonds. The molecule has 4 rings (SSSR count). The summed E-state index contributed by atoms with van der Waals surface area (Å²) in [6.45, 7) is 3.29. The number of furan rings is 1. The second kappa shape index (κ2) is 8.84. The van der Waals surface area contributed by atoms with Crippen molar-refractivity contribution in [2.45, 2.75) is 49.4 Å². The van der Waals surface area contributed by atoms with E-state index in [1.54, 1.807) is 29.9 Å². The molecule has 0 radical (unpaired) electrons. The van der Waals surface area contributed by atoms with Crippen LogP contribution < -0.4 is 10.9 Å². The van der Waals surface area contributed by atoms with Gasteiger partial charge in [-0.25, -0.2) is 4.98 Å². The van der Waals surface area contributed by atoms with Crippen molar-refractivity contribution in [3.8, 4) is 0 Å². The zero-order chi connectivity index (χ0) is 20.2. The third-order valence-electron chi connectivity index (χ3n) is 4.91. The number of hydrogen-bond donors (Lipinski definition) is 1. The lowest BCUT2D eigenvalue weighted by atomic mass is 10.2. The number of benzene rings is 1. The summed E-state index contributed by atoms with van der Waals surface area (Å²) in [5, 5.41) is 3.54. The molecule has 3 heterocycles. The SMILES string of the molecule is C[C@H](Sc1nc2ccccc2c(=O)n1C[C@H]1CCCO1)C(=O)NCc1ccco1. The molecular formula is C21H23N3O4S. The van der Waals surface area contributed by atoms with Crippen LogP contribution in [0.1, 0.15) is 25.5 Å². The van der Waals surface area contributed by atoms with E-state index in [-0.39, 0.29) is 17.6 Å². The molecule has 1 aliphatic rings. The van der Waals surface area contributed by atoms with Crippen LogP contribution in [0.25, 0.3) is 10.9 Å². The fraction of sp³-hybridized carbons (Fsp3) is 0.381. The van der Waals surface area contributed by atoms with Crippen molar-refractivity contribution in [3.63, 3.8) is 0 Å². The van der Waals surface area contributed by atoms with Gasteiger partial charge in [0, 0.05) is 6.61 Å². The molecule has 29 heavy (non-hydrogen) atoms. The topological polar surface area (TPSA) is 86.4 Å². The van der Waals surface area contributed by atoms with E-state index in [4.69, 9.17) is 9.15 Å². The third-order valence-corrected chi connectivity index (χ3v) is 6.00. The average Bonchev–Trinajstić information content (AvgIpc) is 3.43. The minimum atomic E-state index is -0.422. The molecule has 7 nitrogen and oxygen atoms in total. The third kappa shape index (κ3) is 4.54. The largest absolute Gasteiger partial charge is 0.467 e. The maximum atomic E-state index is 13.1. The first-order valence-electron chi connectivity index (χ1n) is 9.70. The lowest BCUT2D eigenvalue weighted by Crippen LogP contribution is -2.32. The predicted molar refractivity (Wildman–Crippen MR) is 111 cm³/mol. The predicted octanol–water partition coefficient (Wildman–Crippen LogP) is 2.97. The first kappa shape index (κ1) is 19.7. The summed E-state index contributed by atoms with van der Waals surface area (Å²) in [4.78, 5) is 30.3. The zero-order valence-corrected chi connectivity index (χ0v) is 17.0. The number of para-hydroxylation sites is 1. The number of hydrogen-bond acceptors (Lipinski definition) is 6. The Balaban J connectivity index is 1.57. The van der Waals surface area contributed by atoms with Crippen LogP contribution in [0.15, 0.2) is 57.0 Å². The Kier molecular flexibility index (Phi) is 6.01. The monoisotopic (exact) mass is 413 g/mol. The van der Waals surface area contributed by atoms with Gasteiger partial charge >= 0.3 is 0 Å². The summed E-state index contributed by atoms with van der Waals surface area (Å²) < 4.78 is 12.6. The molecule has 152 valence electrons. The molecule has 1 aliphatic heterocycles. The van der Waals surface area contributed by atoms with Gasteiger partial charge in [-0.15, -0.1) is 0 Å². The van der Waals surface area contributed by atoms with Gasteiger partial charge in [0.1, 0.15) is 5.76 Å². The molecule has 1 fully saturated rings. The van der Waals surface area contributed by atoms with Crippen LogP contribution >= 0.6 is 11.8 Å². The molecule has 0 saturated carbocycles. The van der Waals surface area contributed by atoms with Gasteiger partial charge in [0.2, 0.25) is 5.91 Å². The molecule has 8 heteroatoms. The number of nitrogens with one attached hydrogen (secondary N) is 1. The Hall–Kier alpha value is -2.58. The Labute approximate surface area is 172 Å². The number of carbonyl (C=O) groups excluding carboxylic acids is 1. The number of fused-ring (bicyclic) bond motifs is 1. The minimum Gasteiger partial charge on any atom is -0.467 e. The second-order valence-corrected chi connectivity index (χ2v) is 8.33. The van der Waals surface area contributed by atoms with Gasteiger partial charge in [0.15, 0.2) is 5.16 Å². The van der Waals surface area contributed by atoms with Crippen molar-refractivity contribution in [3.05, 3.63) is 58.8 Å². The lowest BCUT2D eigenvalue weighted by molar-refractivity contribution is -0.120. The Morgan fingerprint density at radius 3 is 2.97 bits per heavy atom. The molecule has 0 unspecified atom stereocenters. The van der Waals surface area contributed by atoms with Gasteiger partial charge in [-0.05, 0) is 44.0 Å². The molecule has 0 aliphatic carbocycles. The standard InChI is InChI=1S/C21H23N3O4S/c1-14(19(25)22-12-15-6-4-10-27-15)29-21-23-18-9-3-2-8-17(18)20(26)24(21)13-16-7-5-11-28-16/h2-4,6,8-10,14,16H,5,7,11-13H2,1H3,(H,22,25)/t14-,16+/m0/s1. The smallest absolute Gasteiger partial charge is 0.262 e. The van der Waals surface area contributed by atoms with Crippen LogP contribution in [0, 0.1) is 0 Å². The molecule has 1 N–H and O–H groups in total. The fourth-order valence-corrected chi connectivity index (χ4v) is 4.28. The summed E-state index contributed by atoms with van der Waals surface area (Å²) in [5.41, 5.74) is 0.531. The Morgan fingerprint density at radius 1 is 1.34 bits per heavy atom. The average molecular weight is 413 g/mol. The van der Waals surface area contributed by atoms with Gasteiger partial charge in [-0.3, -0.25) is 14.2 Å². The highest BCUT2D eigenvalue weighted by Gasteiger charge is 2.23. The summed E-state index contributed by atoms with van der Waals surface area (Å²) in [6.07, 6.45) is 3.48.